The van der Waals surface area contributed by atoms with E-state index in [0.717, 1.165) is 28.6 Å². The van der Waals surface area contributed by atoms with E-state index < -0.39 is 0 Å². The van der Waals surface area contributed by atoms with Crippen LogP contribution in [-0.4, -0.2) is 19.9 Å². The Morgan fingerprint density at radius 3 is 1.67 bits per heavy atom. The molecule has 0 saturated heterocycles. The van der Waals surface area contributed by atoms with Gasteiger partial charge in [0.15, 0.2) is 5.82 Å². The van der Waals surface area contributed by atoms with E-state index in [-0.39, 0.29) is 0 Å². The Kier molecular flexibility index (Phi) is 3.11. The van der Waals surface area contributed by atoms with Gasteiger partial charge in [-0.3, -0.25) is 0 Å². The van der Waals surface area contributed by atoms with Crippen LogP contribution in [0.2, 0.25) is 0 Å². The highest BCUT2D eigenvalue weighted by atomic mass is 15.0. The quantitative estimate of drug-likeness (QED) is 0.771. The molecule has 0 N–H and O–H groups in total. The van der Waals surface area contributed by atoms with Crippen molar-refractivity contribution in [1.82, 2.24) is 19.9 Å². The largest absolute Gasteiger partial charge is 0.249 e. The van der Waals surface area contributed by atoms with Crippen LogP contribution < -0.4 is 0 Å². The molecule has 18 heavy (non-hydrogen) atoms. The first-order valence-electron chi connectivity index (χ1n) is 6.04. The van der Waals surface area contributed by atoms with Crippen LogP contribution in [-0.2, 0) is 0 Å². The maximum Gasteiger partial charge on any atom is 0.181 e. The maximum atomic E-state index is 4.63. The summed E-state index contributed by atoms with van der Waals surface area (Å²) in [6.07, 6.45) is 0. The lowest BCUT2D eigenvalue weighted by atomic mass is 10.0. The van der Waals surface area contributed by atoms with Crippen LogP contribution in [0.1, 0.15) is 34.0 Å². The first-order chi connectivity index (χ1) is 8.40. The summed E-state index contributed by atoms with van der Waals surface area (Å²) in [7, 11) is 0. The molecule has 0 radical (unpaired) electrons. The molecule has 94 valence electrons. The summed E-state index contributed by atoms with van der Waals surface area (Å²) >= 11 is 0. The van der Waals surface area contributed by atoms with Crippen molar-refractivity contribution in [2.45, 2.75) is 41.5 Å². The van der Waals surface area contributed by atoms with Gasteiger partial charge in [0, 0.05) is 5.69 Å². The van der Waals surface area contributed by atoms with Gasteiger partial charge in [-0.1, -0.05) is 0 Å². The molecule has 0 aliphatic heterocycles. The van der Waals surface area contributed by atoms with Gasteiger partial charge in [0.25, 0.3) is 0 Å². The molecule has 0 aliphatic carbocycles. The maximum absolute atomic E-state index is 4.63. The lowest BCUT2D eigenvalue weighted by Crippen LogP contribution is -2.05. The fraction of sp³-hybridized carbons (Fsp3) is 0.429. The lowest BCUT2D eigenvalue weighted by molar-refractivity contribution is 0.916. The SMILES string of the molecule is Cc1nc(C)nc(-c2nc(C)c(C)c(C)c2C)n1. The standard InChI is InChI=1S/C14H18N4/c1-7-8(2)10(4)15-13(9(7)3)14-17-11(5)16-12(6)18-14/h1-6H3. The van der Waals surface area contributed by atoms with E-state index in [1.165, 1.54) is 11.1 Å². The minimum absolute atomic E-state index is 0.670. The summed E-state index contributed by atoms with van der Waals surface area (Å²) in [4.78, 5) is 17.6. The Morgan fingerprint density at radius 2 is 1.11 bits per heavy atom. The molecule has 2 heterocycles. The van der Waals surface area contributed by atoms with Crippen molar-refractivity contribution in [3.05, 3.63) is 34.0 Å². The average molecular weight is 242 g/mol. The number of pyridine rings is 1. The Morgan fingerprint density at radius 1 is 0.556 bits per heavy atom. The van der Waals surface area contributed by atoms with E-state index >= 15 is 0 Å². The molecule has 4 heteroatoms. The number of rotatable bonds is 1. The molecule has 0 unspecified atom stereocenters. The zero-order chi connectivity index (χ0) is 13.4. The smallest absolute Gasteiger partial charge is 0.181 e. The molecule has 0 fully saturated rings. The van der Waals surface area contributed by atoms with Crippen LogP contribution in [0.3, 0.4) is 0 Å². The van der Waals surface area contributed by atoms with Crippen molar-refractivity contribution in [2.75, 3.05) is 0 Å². The van der Waals surface area contributed by atoms with Gasteiger partial charge in [-0.05, 0) is 58.2 Å². The molecule has 2 aromatic heterocycles. The van der Waals surface area contributed by atoms with Crippen molar-refractivity contribution >= 4 is 0 Å². The molecular weight excluding hydrogens is 224 g/mol. The Hall–Kier alpha value is -1.84. The monoisotopic (exact) mass is 242 g/mol. The van der Waals surface area contributed by atoms with Gasteiger partial charge in [-0.2, -0.15) is 0 Å². The van der Waals surface area contributed by atoms with Crippen molar-refractivity contribution in [1.29, 1.82) is 0 Å². The van der Waals surface area contributed by atoms with Crippen LogP contribution in [0.15, 0.2) is 0 Å². The number of hydrogen-bond donors (Lipinski definition) is 0. The summed E-state index contributed by atoms with van der Waals surface area (Å²) in [5.41, 5.74) is 5.53. The average Bonchev–Trinajstić information content (AvgIpc) is 2.30. The normalized spacial score (nSPS) is 10.8. The minimum Gasteiger partial charge on any atom is -0.249 e. The van der Waals surface area contributed by atoms with E-state index in [4.69, 9.17) is 0 Å². The van der Waals surface area contributed by atoms with E-state index in [2.05, 4.69) is 40.7 Å². The number of nitrogens with zero attached hydrogens (tertiary/aromatic N) is 4. The second kappa shape index (κ2) is 4.44. The first-order valence-corrected chi connectivity index (χ1v) is 6.04. The van der Waals surface area contributed by atoms with Crippen LogP contribution in [0.4, 0.5) is 0 Å². The summed E-state index contributed by atoms with van der Waals surface area (Å²) in [6, 6.07) is 0. The van der Waals surface area contributed by atoms with E-state index in [1.807, 2.05) is 20.8 Å². The van der Waals surface area contributed by atoms with Gasteiger partial charge in [0.05, 0.1) is 0 Å². The van der Waals surface area contributed by atoms with Crippen molar-refractivity contribution in [3.63, 3.8) is 0 Å². The van der Waals surface area contributed by atoms with Crippen LogP contribution in [0.25, 0.3) is 11.5 Å². The highest BCUT2D eigenvalue weighted by Crippen LogP contribution is 2.24. The lowest BCUT2D eigenvalue weighted by Gasteiger charge is -2.12. The third-order valence-corrected chi connectivity index (χ3v) is 3.37. The second-order valence-corrected chi connectivity index (χ2v) is 4.67. The topological polar surface area (TPSA) is 51.6 Å². The molecule has 0 atom stereocenters. The fourth-order valence-corrected chi connectivity index (χ4v) is 2.00. The van der Waals surface area contributed by atoms with Gasteiger partial charge in [0.2, 0.25) is 0 Å². The third-order valence-electron chi connectivity index (χ3n) is 3.37. The second-order valence-electron chi connectivity index (χ2n) is 4.67. The molecule has 4 nitrogen and oxygen atoms in total. The molecule has 0 bridgehead atoms. The number of hydrogen-bond acceptors (Lipinski definition) is 4. The zero-order valence-electron chi connectivity index (χ0n) is 11.8. The highest BCUT2D eigenvalue weighted by molar-refractivity contribution is 5.58. The van der Waals surface area contributed by atoms with Gasteiger partial charge >= 0.3 is 0 Å². The van der Waals surface area contributed by atoms with E-state index in [1.54, 1.807) is 0 Å². The molecule has 0 amide bonds. The number of aryl methyl sites for hydroxylation is 3. The zero-order valence-corrected chi connectivity index (χ0v) is 11.8. The third kappa shape index (κ3) is 2.10. The summed E-state index contributed by atoms with van der Waals surface area (Å²) in [5, 5.41) is 0. The van der Waals surface area contributed by atoms with Crippen LogP contribution in [0, 0.1) is 41.5 Å². The van der Waals surface area contributed by atoms with Gasteiger partial charge in [-0.15, -0.1) is 0 Å². The molecule has 2 aromatic rings. The molecule has 0 spiro atoms. The molecule has 0 aromatic carbocycles. The summed E-state index contributed by atoms with van der Waals surface area (Å²) in [6.45, 7) is 12.1. The molecule has 0 saturated carbocycles. The molecular formula is C14H18N4. The Labute approximate surface area is 108 Å². The molecule has 0 aliphatic rings. The van der Waals surface area contributed by atoms with Gasteiger partial charge in [0.1, 0.15) is 17.3 Å². The predicted molar refractivity (Wildman–Crippen MR) is 71.5 cm³/mol. The molecule has 2 rings (SSSR count). The van der Waals surface area contributed by atoms with Crippen molar-refractivity contribution in [2.24, 2.45) is 0 Å². The Balaban J connectivity index is 2.71. The predicted octanol–water partition coefficient (Wildman–Crippen LogP) is 2.78. The highest BCUT2D eigenvalue weighted by Gasteiger charge is 2.13. The van der Waals surface area contributed by atoms with Gasteiger partial charge in [-0.25, -0.2) is 19.9 Å². The van der Waals surface area contributed by atoms with Crippen molar-refractivity contribution < 1.29 is 0 Å². The van der Waals surface area contributed by atoms with E-state index in [0.29, 0.717) is 5.82 Å². The minimum atomic E-state index is 0.670. The first kappa shape index (κ1) is 12.6. The van der Waals surface area contributed by atoms with Crippen LogP contribution >= 0.6 is 0 Å². The summed E-state index contributed by atoms with van der Waals surface area (Å²) < 4.78 is 0. The van der Waals surface area contributed by atoms with Gasteiger partial charge < -0.3 is 0 Å². The fourth-order valence-electron chi connectivity index (χ4n) is 2.00. The summed E-state index contributed by atoms with van der Waals surface area (Å²) in [5.74, 6) is 2.13. The van der Waals surface area contributed by atoms with Crippen molar-refractivity contribution in [3.8, 4) is 11.5 Å². The Bertz CT molecular complexity index is 597. The number of aromatic nitrogens is 4. The van der Waals surface area contributed by atoms with E-state index in [9.17, 15) is 0 Å². The van der Waals surface area contributed by atoms with Crippen LogP contribution in [0.5, 0.6) is 0 Å².